The van der Waals surface area contributed by atoms with Crippen LogP contribution in [-0.2, 0) is 4.79 Å². The van der Waals surface area contributed by atoms with Gasteiger partial charge in [0.15, 0.2) is 5.78 Å². The summed E-state index contributed by atoms with van der Waals surface area (Å²) in [6.45, 7) is 3.45. The van der Waals surface area contributed by atoms with Crippen molar-refractivity contribution in [3.8, 4) is 23.0 Å². The lowest BCUT2D eigenvalue weighted by atomic mass is 9.83. The molecule has 0 aliphatic carbocycles. The zero-order valence-corrected chi connectivity index (χ0v) is 21.0. The van der Waals surface area contributed by atoms with Crippen molar-refractivity contribution in [1.82, 2.24) is 9.78 Å². The molecule has 0 bridgehead atoms. The molecule has 5 rings (SSSR count). The standard InChI is InChI=1S/C29H23ClN6O/c1-18-8-10-20(11-9-18)28-25(17-35(33-28)22-6-4-3-5-7-22)26-24(16-31)29(32)36(34-27(26)19(2)37)23-14-12-21(30)13-15-23/h3-15,17,26H,32H2,1-2H3. The SMILES string of the molecule is CC(=O)C1=NN(c2ccc(Cl)cc2)C(N)=C(C#N)C1c1cn(-c2ccccc2)nc1-c1ccc(C)cc1. The highest BCUT2D eigenvalue weighted by Crippen LogP contribution is 2.39. The minimum atomic E-state index is -0.792. The van der Waals surface area contributed by atoms with Gasteiger partial charge in [0.05, 0.1) is 34.6 Å². The van der Waals surface area contributed by atoms with E-state index in [1.54, 1.807) is 28.9 Å². The third-order valence-electron chi connectivity index (χ3n) is 6.23. The summed E-state index contributed by atoms with van der Waals surface area (Å²) >= 11 is 6.05. The number of Topliss-reactive ketones (excluding diaryl/α,β-unsaturated/α-hetero) is 1. The van der Waals surface area contributed by atoms with Gasteiger partial charge >= 0.3 is 0 Å². The number of hydrazone groups is 1. The first-order valence-electron chi connectivity index (χ1n) is 11.6. The number of aryl methyl sites for hydroxylation is 1. The summed E-state index contributed by atoms with van der Waals surface area (Å²) in [6, 6.07) is 26.7. The largest absolute Gasteiger partial charge is 0.383 e. The fraction of sp³-hybridized carbons (Fsp3) is 0.103. The number of nitriles is 1. The summed E-state index contributed by atoms with van der Waals surface area (Å²) in [6.07, 6.45) is 1.84. The van der Waals surface area contributed by atoms with Gasteiger partial charge in [0.25, 0.3) is 0 Å². The zero-order valence-electron chi connectivity index (χ0n) is 20.3. The first-order valence-corrected chi connectivity index (χ1v) is 12.0. The molecule has 0 radical (unpaired) electrons. The second-order valence-electron chi connectivity index (χ2n) is 8.75. The van der Waals surface area contributed by atoms with Crippen molar-refractivity contribution in [2.24, 2.45) is 10.8 Å². The number of para-hydroxylation sites is 1. The van der Waals surface area contributed by atoms with Crippen LogP contribution in [0, 0.1) is 18.3 Å². The molecule has 182 valence electrons. The molecule has 0 fully saturated rings. The van der Waals surface area contributed by atoms with Gasteiger partial charge in [0.1, 0.15) is 11.5 Å². The minimum Gasteiger partial charge on any atom is -0.383 e. The Morgan fingerprint density at radius 2 is 1.68 bits per heavy atom. The van der Waals surface area contributed by atoms with E-state index in [-0.39, 0.29) is 22.9 Å². The van der Waals surface area contributed by atoms with E-state index < -0.39 is 5.92 Å². The Balaban J connectivity index is 1.73. The van der Waals surface area contributed by atoms with Crippen molar-refractivity contribution in [3.05, 3.63) is 113 Å². The Morgan fingerprint density at radius 3 is 2.30 bits per heavy atom. The third kappa shape index (κ3) is 4.51. The summed E-state index contributed by atoms with van der Waals surface area (Å²) in [5, 5.41) is 21.8. The van der Waals surface area contributed by atoms with Crippen LogP contribution in [0.3, 0.4) is 0 Å². The molecule has 0 saturated heterocycles. The fourth-order valence-electron chi connectivity index (χ4n) is 4.34. The number of carbonyl (C=O) groups is 1. The molecule has 2 heterocycles. The molecule has 8 heteroatoms. The predicted octanol–water partition coefficient (Wildman–Crippen LogP) is 5.74. The zero-order chi connectivity index (χ0) is 26.1. The van der Waals surface area contributed by atoms with Crippen molar-refractivity contribution in [2.45, 2.75) is 19.8 Å². The maximum absolute atomic E-state index is 13.0. The van der Waals surface area contributed by atoms with Crippen LogP contribution < -0.4 is 10.7 Å². The minimum absolute atomic E-state index is 0.141. The molecule has 2 N–H and O–H groups in total. The summed E-state index contributed by atoms with van der Waals surface area (Å²) in [5.41, 5.74) is 11.6. The lowest BCUT2D eigenvalue weighted by molar-refractivity contribution is -0.111. The third-order valence-corrected chi connectivity index (χ3v) is 6.48. The highest BCUT2D eigenvalue weighted by molar-refractivity contribution is 6.42. The number of carbonyl (C=O) groups excluding carboxylic acids is 1. The predicted molar refractivity (Wildman–Crippen MR) is 145 cm³/mol. The Morgan fingerprint density at radius 1 is 1.00 bits per heavy atom. The van der Waals surface area contributed by atoms with Crippen LogP contribution in [0.1, 0.15) is 24.0 Å². The van der Waals surface area contributed by atoms with Gasteiger partial charge in [-0.25, -0.2) is 9.69 Å². The molecule has 1 atom stereocenters. The van der Waals surface area contributed by atoms with Crippen LogP contribution in [0.15, 0.2) is 102 Å². The Labute approximate surface area is 219 Å². The second kappa shape index (κ2) is 9.76. The van der Waals surface area contributed by atoms with E-state index in [1.807, 2.05) is 67.7 Å². The molecule has 37 heavy (non-hydrogen) atoms. The topological polar surface area (TPSA) is 100 Å². The summed E-state index contributed by atoms with van der Waals surface area (Å²) in [5.74, 6) is -0.923. The monoisotopic (exact) mass is 506 g/mol. The number of benzene rings is 3. The van der Waals surface area contributed by atoms with Gasteiger partial charge in [-0.15, -0.1) is 0 Å². The van der Waals surface area contributed by atoms with E-state index >= 15 is 0 Å². The number of nitrogens with two attached hydrogens (primary N) is 1. The highest BCUT2D eigenvalue weighted by atomic mass is 35.5. The molecule has 7 nitrogen and oxygen atoms in total. The molecular formula is C29H23ClN6O. The molecule has 0 saturated carbocycles. The highest BCUT2D eigenvalue weighted by Gasteiger charge is 2.37. The van der Waals surface area contributed by atoms with Crippen molar-refractivity contribution in [2.75, 3.05) is 5.01 Å². The van der Waals surface area contributed by atoms with Gasteiger partial charge in [-0.1, -0.05) is 59.6 Å². The number of halogens is 1. The number of anilines is 1. The van der Waals surface area contributed by atoms with E-state index in [0.29, 0.717) is 22.0 Å². The smallest absolute Gasteiger partial charge is 0.176 e. The van der Waals surface area contributed by atoms with Crippen LogP contribution in [0.25, 0.3) is 16.9 Å². The van der Waals surface area contributed by atoms with Crippen LogP contribution >= 0.6 is 11.6 Å². The number of ketones is 1. The van der Waals surface area contributed by atoms with Gasteiger partial charge < -0.3 is 5.73 Å². The molecular weight excluding hydrogens is 484 g/mol. The van der Waals surface area contributed by atoms with E-state index in [4.69, 9.17) is 22.4 Å². The maximum atomic E-state index is 13.0. The number of aromatic nitrogens is 2. The molecule has 1 aliphatic rings. The summed E-state index contributed by atoms with van der Waals surface area (Å²) in [4.78, 5) is 13.0. The number of rotatable bonds is 5. The molecule has 1 aromatic heterocycles. The van der Waals surface area contributed by atoms with E-state index in [2.05, 4.69) is 11.2 Å². The normalized spacial score (nSPS) is 15.4. The Hall–Kier alpha value is -4.67. The first-order chi connectivity index (χ1) is 17.9. The van der Waals surface area contributed by atoms with E-state index in [9.17, 15) is 10.1 Å². The van der Waals surface area contributed by atoms with Gasteiger partial charge in [-0.3, -0.25) is 4.79 Å². The molecule has 4 aromatic rings. The molecule has 3 aromatic carbocycles. The fourth-order valence-corrected chi connectivity index (χ4v) is 4.47. The van der Waals surface area contributed by atoms with Crippen LogP contribution in [0.5, 0.6) is 0 Å². The molecule has 0 amide bonds. The lowest BCUT2D eigenvalue weighted by Gasteiger charge is -2.30. The Kier molecular flexibility index (Phi) is 6.34. The van der Waals surface area contributed by atoms with Gasteiger partial charge in [-0.05, 0) is 43.3 Å². The van der Waals surface area contributed by atoms with Gasteiger partial charge in [0.2, 0.25) is 0 Å². The average Bonchev–Trinajstić information content (AvgIpc) is 3.35. The first kappa shape index (κ1) is 24.0. The number of hydrogen-bond acceptors (Lipinski definition) is 6. The number of allylic oxidation sites excluding steroid dienone is 1. The average molecular weight is 507 g/mol. The molecule has 1 unspecified atom stereocenters. The van der Waals surface area contributed by atoms with Crippen molar-refractivity contribution < 1.29 is 4.79 Å². The van der Waals surface area contributed by atoms with Crippen LogP contribution in [-0.4, -0.2) is 21.3 Å². The lowest BCUT2D eigenvalue weighted by Crippen LogP contribution is -2.36. The molecule has 1 aliphatic heterocycles. The number of hydrogen-bond donors (Lipinski definition) is 1. The van der Waals surface area contributed by atoms with Crippen LogP contribution in [0.2, 0.25) is 5.02 Å². The second-order valence-corrected chi connectivity index (χ2v) is 9.19. The number of nitrogens with zero attached hydrogens (tertiary/aromatic N) is 5. The van der Waals surface area contributed by atoms with E-state index in [0.717, 1.165) is 16.8 Å². The van der Waals surface area contributed by atoms with Crippen LogP contribution in [0.4, 0.5) is 5.69 Å². The Bertz CT molecular complexity index is 1580. The van der Waals surface area contributed by atoms with E-state index in [1.165, 1.54) is 11.9 Å². The van der Waals surface area contributed by atoms with Gasteiger partial charge in [0, 0.05) is 29.3 Å². The maximum Gasteiger partial charge on any atom is 0.176 e. The van der Waals surface area contributed by atoms with Crippen molar-refractivity contribution in [1.29, 1.82) is 5.26 Å². The molecule has 0 spiro atoms. The summed E-state index contributed by atoms with van der Waals surface area (Å²) in [7, 11) is 0. The quantitative estimate of drug-likeness (QED) is 0.372. The van der Waals surface area contributed by atoms with Crippen molar-refractivity contribution >= 4 is 28.8 Å². The van der Waals surface area contributed by atoms with Gasteiger partial charge in [-0.2, -0.15) is 15.5 Å². The summed E-state index contributed by atoms with van der Waals surface area (Å²) < 4.78 is 1.75. The van der Waals surface area contributed by atoms with Crippen molar-refractivity contribution in [3.63, 3.8) is 0 Å².